The number of carbonyl (C=O) groups is 2. The van der Waals surface area contributed by atoms with Crippen LogP contribution < -0.4 is 10.6 Å². The van der Waals surface area contributed by atoms with Crippen molar-refractivity contribution in [3.63, 3.8) is 0 Å². The van der Waals surface area contributed by atoms with Gasteiger partial charge < -0.3 is 15.7 Å². The first-order valence-electron chi connectivity index (χ1n) is 6.73. The van der Waals surface area contributed by atoms with Gasteiger partial charge in [-0.1, -0.05) is 20.8 Å². The van der Waals surface area contributed by atoms with Crippen LogP contribution in [0.1, 0.15) is 52.9 Å². The molecular formula is C13H24N2O3. The fraction of sp³-hybridized carbons (Fsp3) is 0.846. The molecule has 18 heavy (non-hydrogen) atoms. The summed E-state index contributed by atoms with van der Waals surface area (Å²) in [5, 5.41) is 14.6. The van der Waals surface area contributed by atoms with Crippen LogP contribution in [0.5, 0.6) is 0 Å². The number of hydrogen-bond acceptors (Lipinski definition) is 2. The Labute approximate surface area is 108 Å². The van der Waals surface area contributed by atoms with Gasteiger partial charge in [0.2, 0.25) is 0 Å². The van der Waals surface area contributed by atoms with Crippen LogP contribution in [0.2, 0.25) is 0 Å². The largest absolute Gasteiger partial charge is 0.480 e. The molecule has 0 radical (unpaired) electrons. The van der Waals surface area contributed by atoms with Crippen molar-refractivity contribution < 1.29 is 14.7 Å². The van der Waals surface area contributed by atoms with Crippen molar-refractivity contribution in [2.24, 2.45) is 5.41 Å². The van der Waals surface area contributed by atoms with Gasteiger partial charge in [0.05, 0.1) is 0 Å². The quantitative estimate of drug-likeness (QED) is 0.653. The van der Waals surface area contributed by atoms with Crippen LogP contribution in [0.15, 0.2) is 0 Å². The van der Waals surface area contributed by atoms with Gasteiger partial charge in [0.25, 0.3) is 0 Å². The van der Waals surface area contributed by atoms with Crippen LogP contribution in [0.3, 0.4) is 0 Å². The van der Waals surface area contributed by atoms with E-state index in [2.05, 4.69) is 17.6 Å². The molecule has 0 aromatic heterocycles. The van der Waals surface area contributed by atoms with Gasteiger partial charge in [0, 0.05) is 6.54 Å². The topological polar surface area (TPSA) is 78.4 Å². The molecule has 0 saturated heterocycles. The average molecular weight is 256 g/mol. The Morgan fingerprint density at radius 1 is 1.22 bits per heavy atom. The Balaban J connectivity index is 2.49. The van der Waals surface area contributed by atoms with Gasteiger partial charge in [-0.25, -0.2) is 9.59 Å². The summed E-state index contributed by atoms with van der Waals surface area (Å²) in [6.07, 6.45) is 4.11. The van der Waals surface area contributed by atoms with Gasteiger partial charge in [0.1, 0.15) is 5.54 Å². The van der Waals surface area contributed by atoms with Crippen molar-refractivity contribution in [2.45, 2.75) is 58.4 Å². The Hall–Kier alpha value is -1.26. The van der Waals surface area contributed by atoms with E-state index in [1.165, 1.54) is 0 Å². The number of rotatable bonds is 7. The predicted molar refractivity (Wildman–Crippen MR) is 69.4 cm³/mol. The first-order valence-corrected chi connectivity index (χ1v) is 6.73. The number of urea groups is 1. The van der Waals surface area contributed by atoms with E-state index in [4.69, 9.17) is 0 Å². The summed E-state index contributed by atoms with van der Waals surface area (Å²) in [6, 6.07) is -0.374. The standard InChI is InChI=1S/C13H24N2O3/c1-4-12(7-8-12)9-14-11(18)15-13(5-2,6-3)10(16)17/h4-9H2,1-3H3,(H,16,17)(H2,14,15,18). The lowest BCUT2D eigenvalue weighted by Crippen LogP contribution is -2.57. The molecule has 0 atom stereocenters. The molecule has 0 spiro atoms. The fourth-order valence-corrected chi connectivity index (χ4v) is 2.14. The maximum absolute atomic E-state index is 11.8. The van der Waals surface area contributed by atoms with E-state index >= 15 is 0 Å². The Bertz CT molecular complexity index is 320. The van der Waals surface area contributed by atoms with Gasteiger partial charge in [-0.05, 0) is 37.5 Å². The molecule has 5 heteroatoms. The van der Waals surface area contributed by atoms with Crippen molar-refractivity contribution in [3.05, 3.63) is 0 Å². The zero-order valence-electron chi connectivity index (χ0n) is 11.5. The molecule has 1 fully saturated rings. The second-order valence-electron chi connectivity index (χ2n) is 5.26. The fourth-order valence-electron chi connectivity index (χ4n) is 2.14. The molecule has 0 aromatic rings. The third kappa shape index (κ3) is 3.15. The molecule has 3 N–H and O–H groups in total. The lowest BCUT2D eigenvalue weighted by atomic mass is 9.93. The summed E-state index contributed by atoms with van der Waals surface area (Å²) in [6.45, 7) is 6.29. The summed E-state index contributed by atoms with van der Waals surface area (Å²) in [5.41, 5.74) is -0.880. The summed E-state index contributed by atoms with van der Waals surface area (Å²) < 4.78 is 0. The third-order valence-corrected chi connectivity index (χ3v) is 4.30. The van der Waals surface area contributed by atoms with Crippen LogP contribution in [0, 0.1) is 5.41 Å². The third-order valence-electron chi connectivity index (χ3n) is 4.30. The highest BCUT2D eigenvalue weighted by Crippen LogP contribution is 2.47. The minimum atomic E-state index is -1.15. The van der Waals surface area contributed by atoms with Crippen LogP contribution >= 0.6 is 0 Å². The van der Waals surface area contributed by atoms with E-state index in [1.807, 2.05) is 0 Å². The Morgan fingerprint density at radius 2 is 1.78 bits per heavy atom. The van der Waals surface area contributed by atoms with Crippen LogP contribution in [-0.2, 0) is 4.79 Å². The summed E-state index contributed by atoms with van der Waals surface area (Å²) in [4.78, 5) is 23.0. The molecule has 104 valence electrons. The lowest BCUT2D eigenvalue weighted by molar-refractivity contribution is -0.144. The minimum Gasteiger partial charge on any atom is -0.480 e. The monoisotopic (exact) mass is 256 g/mol. The number of nitrogens with one attached hydrogen (secondary N) is 2. The first kappa shape index (κ1) is 14.8. The lowest BCUT2D eigenvalue weighted by Gasteiger charge is -2.28. The Morgan fingerprint density at radius 3 is 2.11 bits per heavy atom. The molecule has 0 aromatic carbocycles. The first-order chi connectivity index (χ1) is 8.43. The van der Waals surface area contributed by atoms with E-state index in [0.29, 0.717) is 19.4 Å². The maximum Gasteiger partial charge on any atom is 0.329 e. The normalized spacial score (nSPS) is 17.1. The van der Waals surface area contributed by atoms with Crippen LogP contribution in [-0.4, -0.2) is 29.2 Å². The summed E-state index contributed by atoms with van der Waals surface area (Å²) in [5.74, 6) is -0.973. The number of aliphatic carboxylic acids is 1. The molecular weight excluding hydrogens is 232 g/mol. The van der Waals surface area contributed by atoms with Gasteiger partial charge in [-0.2, -0.15) is 0 Å². The Kier molecular flexibility index (Phi) is 4.59. The van der Waals surface area contributed by atoms with E-state index in [-0.39, 0.29) is 11.4 Å². The molecule has 1 rings (SSSR count). The number of amides is 2. The second kappa shape index (κ2) is 5.59. The maximum atomic E-state index is 11.8. The van der Waals surface area contributed by atoms with Gasteiger partial charge in [-0.3, -0.25) is 0 Å². The van der Waals surface area contributed by atoms with Gasteiger partial charge in [0.15, 0.2) is 0 Å². The SMILES string of the molecule is CCC1(CNC(=O)NC(CC)(CC)C(=O)O)CC1. The molecule has 1 aliphatic carbocycles. The smallest absolute Gasteiger partial charge is 0.329 e. The zero-order valence-corrected chi connectivity index (χ0v) is 11.5. The van der Waals surface area contributed by atoms with Gasteiger partial charge >= 0.3 is 12.0 Å². The molecule has 2 amide bonds. The highest BCUT2D eigenvalue weighted by molar-refractivity contribution is 5.86. The number of carboxylic acid groups (broad SMARTS) is 1. The highest BCUT2D eigenvalue weighted by Gasteiger charge is 2.41. The second-order valence-corrected chi connectivity index (χ2v) is 5.26. The zero-order chi connectivity index (χ0) is 13.8. The molecule has 0 unspecified atom stereocenters. The molecule has 1 saturated carbocycles. The molecule has 0 bridgehead atoms. The van der Waals surface area contributed by atoms with Gasteiger partial charge in [-0.15, -0.1) is 0 Å². The van der Waals surface area contributed by atoms with E-state index in [9.17, 15) is 14.7 Å². The van der Waals surface area contributed by atoms with Crippen molar-refractivity contribution in [1.29, 1.82) is 0 Å². The molecule has 1 aliphatic rings. The number of carbonyl (C=O) groups excluding carboxylic acids is 1. The van der Waals surface area contributed by atoms with Crippen molar-refractivity contribution in [3.8, 4) is 0 Å². The number of hydrogen-bond donors (Lipinski definition) is 3. The highest BCUT2D eigenvalue weighted by atomic mass is 16.4. The van der Waals surface area contributed by atoms with E-state index < -0.39 is 11.5 Å². The van der Waals surface area contributed by atoms with Crippen molar-refractivity contribution in [1.82, 2.24) is 10.6 Å². The predicted octanol–water partition coefficient (Wildman–Crippen LogP) is 2.12. The summed E-state index contributed by atoms with van der Waals surface area (Å²) in [7, 11) is 0. The minimum absolute atomic E-state index is 0.266. The van der Waals surface area contributed by atoms with Crippen LogP contribution in [0.4, 0.5) is 4.79 Å². The van der Waals surface area contributed by atoms with E-state index in [1.54, 1.807) is 13.8 Å². The average Bonchev–Trinajstić information content (AvgIpc) is 3.14. The van der Waals surface area contributed by atoms with Crippen molar-refractivity contribution in [2.75, 3.05) is 6.54 Å². The summed E-state index contributed by atoms with van der Waals surface area (Å²) >= 11 is 0. The van der Waals surface area contributed by atoms with Crippen LogP contribution in [0.25, 0.3) is 0 Å². The van der Waals surface area contributed by atoms with E-state index in [0.717, 1.165) is 19.3 Å². The molecule has 0 heterocycles. The molecule has 5 nitrogen and oxygen atoms in total. The van der Waals surface area contributed by atoms with Crippen molar-refractivity contribution >= 4 is 12.0 Å². The number of carboxylic acids is 1. The molecule has 0 aliphatic heterocycles.